The number of rotatable bonds is 8. The van der Waals surface area contributed by atoms with Gasteiger partial charge in [0.15, 0.2) is 11.6 Å². The second-order valence-electron chi connectivity index (χ2n) is 6.14. The van der Waals surface area contributed by atoms with Crippen molar-refractivity contribution < 1.29 is 9.13 Å². The molecule has 3 rings (SSSR count). The molecule has 136 valence electrons. The highest BCUT2D eigenvalue weighted by Crippen LogP contribution is 2.28. The number of likely N-dealkylation sites (N-methyl/N-ethyl adjacent to an activating group) is 2. The van der Waals surface area contributed by atoms with Gasteiger partial charge < -0.3 is 10.1 Å². The normalized spacial score (nSPS) is 11.1. The van der Waals surface area contributed by atoms with Crippen LogP contribution in [-0.4, -0.2) is 42.3 Å². The van der Waals surface area contributed by atoms with Crippen LogP contribution in [-0.2, 0) is 6.54 Å². The third-order valence-corrected chi connectivity index (χ3v) is 4.11. The van der Waals surface area contributed by atoms with Crippen molar-refractivity contribution in [3.63, 3.8) is 0 Å². The lowest BCUT2D eigenvalue weighted by Crippen LogP contribution is -2.27. The molecule has 0 bridgehead atoms. The van der Waals surface area contributed by atoms with Crippen molar-refractivity contribution in [3.8, 4) is 22.6 Å². The fraction of sp³-hybridized carbons (Fsp3) is 0.250. The van der Waals surface area contributed by atoms with Gasteiger partial charge in [0, 0.05) is 31.4 Å². The first-order valence-corrected chi connectivity index (χ1v) is 8.56. The molecule has 0 saturated carbocycles. The van der Waals surface area contributed by atoms with Gasteiger partial charge in [-0.1, -0.05) is 24.3 Å². The number of nitrogens with zero attached hydrogens (tertiary/aromatic N) is 2. The Hall–Kier alpha value is -2.70. The number of ether oxygens (including phenoxy) is 1. The molecule has 5 nitrogen and oxygen atoms in total. The van der Waals surface area contributed by atoms with Crippen LogP contribution in [0.3, 0.4) is 0 Å². The lowest BCUT2D eigenvalue weighted by atomic mass is 10.1. The van der Waals surface area contributed by atoms with E-state index in [1.807, 2.05) is 37.5 Å². The minimum atomic E-state index is -0.377. The van der Waals surface area contributed by atoms with E-state index in [4.69, 9.17) is 4.74 Å². The van der Waals surface area contributed by atoms with Crippen molar-refractivity contribution in [2.24, 2.45) is 0 Å². The molecular weight excluding hydrogens is 331 g/mol. The van der Waals surface area contributed by atoms with Crippen LogP contribution >= 0.6 is 0 Å². The maximum absolute atomic E-state index is 13.7. The molecule has 0 aliphatic rings. The topological polar surface area (TPSA) is 53.2 Å². The van der Waals surface area contributed by atoms with Gasteiger partial charge in [0.05, 0.1) is 5.69 Å². The Morgan fingerprint density at radius 3 is 2.65 bits per heavy atom. The van der Waals surface area contributed by atoms with Gasteiger partial charge in [-0.05, 0) is 43.9 Å². The monoisotopic (exact) mass is 354 g/mol. The minimum Gasteiger partial charge on any atom is -0.454 e. The number of hydrogen-bond acceptors (Lipinski definition) is 4. The fourth-order valence-corrected chi connectivity index (χ4v) is 2.68. The highest BCUT2D eigenvalue weighted by Gasteiger charge is 2.11. The van der Waals surface area contributed by atoms with Crippen LogP contribution in [0.25, 0.3) is 11.1 Å². The van der Waals surface area contributed by atoms with Crippen LogP contribution in [0.1, 0.15) is 5.69 Å². The summed E-state index contributed by atoms with van der Waals surface area (Å²) in [6, 6.07) is 14.0. The van der Waals surface area contributed by atoms with Gasteiger partial charge in [-0.15, -0.1) is 0 Å². The lowest BCUT2D eigenvalue weighted by molar-refractivity contribution is 0.324. The molecule has 0 aliphatic carbocycles. The summed E-state index contributed by atoms with van der Waals surface area (Å²) in [7, 11) is 4.01. The highest BCUT2D eigenvalue weighted by atomic mass is 19.1. The molecule has 0 saturated heterocycles. The van der Waals surface area contributed by atoms with Gasteiger partial charge >= 0.3 is 0 Å². The van der Waals surface area contributed by atoms with Crippen LogP contribution in [0.4, 0.5) is 4.39 Å². The average molecular weight is 354 g/mol. The summed E-state index contributed by atoms with van der Waals surface area (Å²) in [5.74, 6) is 0.434. The molecule has 0 fully saturated rings. The standard InChI is InChI=1S/C20H23FN4O/c1-22-11-12-25(2)14-19-17(13-23-24-19)15-7-9-16(10-8-15)26-20-6-4-3-5-18(20)21/h3-10,13,22H,11-12,14H2,1-2H3,(H,23,24). The van der Waals surface area contributed by atoms with Gasteiger partial charge in [-0.25, -0.2) is 4.39 Å². The maximum Gasteiger partial charge on any atom is 0.165 e. The Bertz CT molecular complexity index is 832. The minimum absolute atomic E-state index is 0.218. The number of nitrogens with one attached hydrogen (secondary N) is 2. The smallest absolute Gasteiger partial charge is 0.165 e. The predicted octanol–water partition coefficient (Wildman–Crippen LogP) is 3.66. The van der Waals surface area contributed by atoms with Gasteiger partial charge in [-0.2, -0.15) is 5.10 Å². The van der Waals surface area contributed by atoms with E-state index in [1.165, 1.54) is 6.07 Å². The van der Waals surface area contributed by atoms with Gasteiger partial charge in [0.2, 0.25) is 0 Å². The molecule has 1 aromatic heterocycles. The molecule has 0 amide bonds. The van der Waals surface area contributed by atoms with Crippen LogP contribution in [0.5, 0.6) is 11.5 Å². The van der Waals surface area contributed by atoms with E-state index in [1.54, 1.807) is 18.2 Å². The zero-order valence-electron chi connectivity index (χ0n) is 15.0. The van der Waals surface area contributed by atoms with Crippen LogP contribution in [0.15, 0.2) is 54.7 Å². The largest absolute Gasteiger partial charge is 0.454 e. The number of para-hydroxylation sites is 1. The number of aromatic nitrogens is 2. The molecule has 2 N–H and O–H groups in total. The zero-order valence-corrected chi connectivity index (χ0v) is 15.0. The first-order chi connectivity index (χ1) is 12.7. The third kappa shape index (κ3) is 4.47. The molecule has 0 atom stereocenters. The summed E-state index contributed by atoms with van der Waals surface area (Å²) >= 11 is 0. The molecule has 0 aliphatic heterocycles. The van der Waals surface area contributed by atoms with Crippen LogP contribution in [0, 0.1) is 5.82 Å². The van der Waals surface area contributed by atoms with E-state index in [-0.39, 0.29) is 11.6 Å². The number of aromatic amines is 1. The lowest BCUT2D eigenvalue weighted by Gasteiger charge is -2.15. The molecule has 3 aromatic rings. The van der Waals surface area contributed by atoms with Crippen LogP contribution < -0.4 is 10.1 Å². The fourth-order valence-electron chi connectivity index (χ4n) is 2.68. The number of halogens is 1. The van der Waals surface area contributed by atoms with Gasteiger partial charge in [0.25, 0.3) is 0 Å². The quantitative estimate of drug-likeness (QED) is 0.648. The van der Waals surface area contributed by atoms with Crippen molar-refractivity contribution >= 4 is 0 Å². The van der Waals surface area contributed by atoms with Crippen molar-refractivity contribution in [1.82, 2.24) is 20.4 Å². The molecule has 26 heavy (non-hydrogen) atoms. The summed E-state index contributed by atoms with van der Waals surface area (Å²) < 4.78 is 19.3. The summed E-state index contributed by atoms with van der Waals surface area (Å²) in [6.45, 7) is 2.63. The number of hydrogen-bond donors (Lipinski definition) is 2. The number of benzene rings is 2. The van der Waals surface area contributed by atoms with Crippen molar-refractivity contribution in [2.45, 2.75) is 6.54 Å². The Labute approximate surface area is 152 Å². The highest BCUT2D eigenvalue weighted by molar-refractivity contribution is 5.66. The van der Waals surface area contributed by atoms with E-state index in [0.717, 1.165) is 36.5 Å². The van der Waals surface area contributed by atoms with Gasteiger partial charge in [0.1, 0.15) is 5.75 Å². The first kappa shape index (κ1) is 18.1. The predicted molar refractivity (Wildman–Crippen MR) is 101 cm³/mol. The SMILES string of the molecule is CNCCN(C)Cc1n[nH]cc1-c1ccc(Oc2ccccc2F)cc1. The molecule has 1 heterocycles. The van der Waals surface area contributed by atoms with Crippen molar-refractivity contribution in [2.75, 3.05) is 27.2 Å². The van der Waals surface area contributed by atoms with Crippen molar-refractivity contribution in [1.29, 1.82) is 0 Å². The Balaban J connectivity index is 1.71. The van der Waals surface area contributed by atoms with Crippen molar-refractivity contribution in [3.05, 3.63) is 66.2 Å². The second-order valence-corrected chi connectivity index (χ2v) is 6.14. The summed E-state index contributed by atoms with van der Waals surface area (Å²) in [5.41, 5.74) is 3.08. The van der Waals surface area contributed by atoms with Crippen LogP contribution in [0.2, 0.25) is 0 Å². The first-order valence-electron chi connectivity index (χ1n) is 8.56. The molecule has 2 aromatic carbocycles. The Morgan fingerprint density at radius 1 is 1.15 bits per heavy atom. The molecule has 0 unspecified atom stereocenters. The summed E-state index contributed by atoms with van der Waals surface area (Å²) in [6.07, 6.45) is 1.90. The molecule has 0 spiro atoms. The zero-order chi connectivity index (χ0) is 18.4. The van der Waals surface area contributed by atoms with E-state index in [2.05, 4.69) is 27.5 Å². The van der Waals surface area contributed by atoms with E-state index in [9.17, 15) is 4.39 Å². The summed E-state index contributed by atoms with van der Waals surface area (Å²) in [5, 5.41) is 10.5. The third-order valence-electron chi connectivity index (χ3n) is 4.11. The average Bonchev–Trinajstić information content (AvgIpc) is 3.10. The van der Waals surface area contributed by atoms with Gasteiger partial charge in [-0.3, -0.25) is 10.00 Å². The Kier molecular flexibility index (Phi) is 5.99. The molecule has 0 radical (unpaired) electrons. The van der Waals surface area contributed by atoms with E-state index >= 15 is 0 Å². The van der Waals surface area contributed by atoms with E-state index in [0.29, 0.717) is 5.75 Å². The molecule has 6 heteroatoms. The Morgan fingerprint density at radius 2 is 1.92 bits per heavy atom. The number of H-pyrrole nitrogens is 1. The second kappa shape index (κ2) is 8.60. The molecular formula is C20H23FN4O. The van der Waals surface area contributed by atoms with E-state index < -0.39 is 0 Å². The maximum atomic E-state index is 13.7. The summed E-state index contributed by atoms with van der Waals surface area (Å²) in [4.78, 5) is 2.21.